The van der Waals surface area contributed by atoms with Crippen LogP contribution in [0.25, 0.3) is 27.8 Å². The molecule has 4 aromatic heterocycles. The van der Waals surface area contributed by atoms with E-state index < -0.39 is 0 Å². The Morgan fingerprint density at radius 2 is 1.94 bits per heavy atom. The first-order valence-corrected chi connectivity index (χ1v) is 10.8. The van der Waals surface area contributed by atoms with Gasteiger partial charge in [-0.1, -0.05) is 18.2 Å². The van der Waals surface area contributed by atoms with Gasteiger partial charge in [-0.05, 0) is 32.9 Å². The van der Waals surface area contributed by atoms with Gasteiger partial charge in [0.05, 0.1) is 24.2 Å². The molecule has 0 aliphatic heterocycles. The van der Waals surface area contributed by atoms with Gasteiger partial charge in [0.15, 0.2) is 17.3 Å². The number of carbonyl (C=O) groups excluding carboxylic acids is 1. The fraction of sp³-hybridized carbons (Fsp3) is 0.261. The molecule has 4 N–H and O–H groups in total. The first-order valence-electron chi connectivity index (χ1n) is 10.8. The molecule has 34 heavy (non-hydrogen) atoms. The van der Waals surface area contributed by atoms with E-state index in [2.05, 4.69) is 20.4 Å². The van der Waals surface area contributed by atoms with Crippen LogP contribution in [-0.2, 0) is 12.1 Å². The van der Waals surface area contributed by atoms with E-state index >= 15 is 0 Å². The Labute approximate surface area is 194 Å². The summed E-state index contributed by atoms with van der Waals surface area (Å²) in [5.74, 6) is 0.769. The minimum absolute atomic E-state index is 0.0453. The Morgan fingerprint density at radius 3 is 2.71 bits per heavy atom. The van der Waals surface area contributed by atoms with Gasteiger partial charge in [-0.2, -0.15) is 10.2 Å². The molecule has 0 bridgehead atoms. The Balaban J connectivity index is 1.71. The van der Waals surface area contributed by atoms with Crippen molar-refractivity contribution in [2.75, 3.05) is 17.7 Å². The lowest BCUT2D eigenvalue weighted by molar-refractivity contribution is 0.102. The van der Waals surface area contributed by atoms with E-state index in [0.717, 1.165) is 10.9 Å². The number of aliphatic hydroxyl groups excluding tert-OH is 1. The van der Waals surface area contributed by atoms with Crippen LogP contribution in [0.4, 0.5) is 11.6 Å². The van der Waals surface area contributed by atoms with Crippen molar-refractivity contribution in [1.82, 2.24) is 34.1 Å². The molecule has 0 saturated carbocycles. The van der Waals surface area contributed by atoms with Gasteiger partial charge >= 0.3 is 0 Å². The molecule has 11 nitrogen and oxygen atoms in total. The third-order valence-electron chi connectivity index (χ3n) is 5.48. The molecule has 0 fully saturated rings. The molecule has 0 saturated heterocycles. The average Bonchev–Trinajstić information content (AvgIpc) is 3.49. The predicted octanol–water partition coefficient (Wildman–Crippen LogP) is 2.55. The summed E-state index contributed by atoms with van der Waals surface area (Å²) >= 11 is 0. The number of nitrogens with zero attached hydrogens (tertiary/aromatic N) is 7. The third-order valence-corrected chi connectivity index (χ3v) is 5.48. The smallest absolute Gasteiger partial charge is 0.273 e. The number of rotatable bonds is 5. The number of fused-ring (bicyclic) bond motifs is 2. The van der Waals surface area contributed by atoms with Gasteiger partial charge in [0.2, 0.25) is 0 Å². The van der Waals surface area contributed by atoms with E-state index in [-0.39, 0.29) is 23.9 Å². The highest BCUT2D eigenvalue weighted by Gasteiger charge is 2.27. The number of benzene rings is 1. The van der Waals surface area contributed by atoms with Crippen molar-refractivity contribution in [3.63, 3.8) is 0 Å². The summed E-state index contributed by atoms with van der Waals surface area (Å²) < 4.78 is 5.13. The topological polar surface area (TPSA) is 142 Å². The highest BCUT2D eigenvalue weighted by molar-refractivity contribution is 6.08. The Hall–Kier alpha value is -4.25. The van der Waals surface area contributed by atoms with E-state index in [4.69, 9.17) is 15.9 Å². The molecule has 1 aromatic carbocycles. The predicted molar refractivity (Wildman–Crippen MR) is 129 cm³/mol. The van der Waals surface area contributed by atoms with Crippen molar-refractivity contribution < 1.29 is 9.90 Å². The minimum Gasteiger partial charge on any atom is -0.394 e. The van der Waals surface area contributed by atoms with Gasteiger partial charge in [-0.25, -0.2) is 14.6 Å². The van der Waals surface area contributed by atoms with E-state index in [1.54, 1.807) is 32.3 Å². The Kier molecular flexibility index (Phi) is 5.05. The second-order valence-corrected chi connectivity index (χ2v) is 8.93. The highest BCUT2D eigenvalue weighted by atomic mass is 16.3. The zero-order chi connectivity index (χ0) is 24.0. The maximum Gasteiger partial charge on any atom is 0.273 e. The first kappa shape index (κ1) is 21.6. The van der Waals surface area contributed by atoms with Crippen molar-refractivity contribution in [3.8, 4) is 5.82 Å². The van der Waals surface area contributed by atoms with Crippen molar-refractivity contribution in [1.29, 1.82) is 0 Å². The zero-order valence-corrected chi connectivity index (χ0v) is 19.1. The molecule has 0 spiro atoms. The summed E-state index contributed by atoms with van der Waals surface area (Å²) in [5, 5.41) is 22.5. The monoisotopic (exact) mass is 459 g/mol. The maximum absolute atomic E-state index is 13.4. The highest BCUT2D eigenvalue weighted by Crippen LogP contribution is 2.33. The lowest BCUT2D eigenvalue weighted by Crippen LogP contribution is -2.24. The molecule has 0 aliphatic rings. The molecule has 174 valence electrons. The molecule has 0 atom stereocenters. The standard InChI is InChI=1S/C23H25N9O2/c1-23(2,3)32-20-18(19(24)25-13-26-20)21(29-32)31-15-7-5-4-6-14(15)12-16(31)22(34)27-17-8-9-30(28-17)10-11-33/h4-9,12-13,33H,10-11H2,1-3H3,(H2,24,25,26)(H,27,28,34). The van der Waals surface area contributed by atoms with Crippen LogP contribution in [-0.4, -0.2) is 51.7 Å². The van der Waals surface area contributed by atoms with Crippen molar-refractivity contribution in [2.45, 2.75) is 32.9 Å². The normalized spacial score (nSPS) is 12.0. The first-order chi connectivity index (χ1) is 16.3. The van der Waals surface area contributed by atoms with Crippen LogP contribution < -0.4 is 11.1 Å². The number of carbonyl (C=O) groups is 1. The fourth-order valence-corrected chi connectivity index (χ4v) is 3.97. The van der Waals surface area contributed by atoms with E-state index in [9.17, 15) is 4.79 Å². The number of hydrogen-bond acceptors (Lipinski definition) is 7. The number of amides is 1. The van der Waals surface area contributed by atoms with Gasteiger partial charge in [0.1, 0.15) is 23.2 Å². The van der Waals surface area contributed by atoms with E-state index in [1.807, 2.05) is 45.0 Å². The Bertz CT molecular complexity index is 1520. The van der Waals surface area contributed by atoms with Gasteiger partial charge in [-0.15, -0.1) is 0 Å². The number of para-hydroxylation sites is 1. The van der Waals surface area contributed by atoms with Gasteiger partial charge in [0, 0.05) is 17.6 Å². The molecular weight excluding hydrogens is 434 g/mol. The second-order valence-electron chi connectivity index (χ2n) is 8.93. The number of anilines is 2. The van der Waals surface area contributed by atoms with Crippen LogP contribution in [0, 0.1) is 0 Å². The number of hydrogen-bond donors (Lipinski definition) is 3. The van der Waals surface area contributed by atoms with Gasteiger partial charge < -0.3 is 16.2 Å². The van der Waals surface area contributed by atoms with Crippen molar-refractivity contribution in [2.24, 2.45) is 0 Å². The van der Waals surface area contributed by atoms with Gasteiger partial charge in [0.25, 0.3) is 5.91 Å². The molecular formula is C23H25N9O2. The SMILES string of the molecule is CC(C)(C)n1nc(-n2c(C(=O)Nc3ccn(CCO)n3)cc3ccccc32)c2c(N)ncnc21. The number of aromatic nitrogens is 7. The fourth-order valence-electron chi connectivity index (χ4n) is 3.97. The maximum atomic E-state index is 13.4. The van der Waals surface area contributed by atoms with Crippen LogP contribution in [0.15, 0.2) is 48.9 Å². The number of nitrogens with two attached hydrogens (primary N) is 1. The summed E-state index contributed by atoms with van der Waals surface area (Å²) in [6, 6.07) is 11.1. The van der Waals surface area contributed by atoms with E-state index in [0.29, 0.717) is 34.9 Å². The van der Waals surface area contributed by atoms with E-state index in [1.165, 1.54) is 6.33 Å². The van der Waals surface area contributed by atoms with Crippen LogP contribution in [0.1, 0.15) is 31.3 Å². The Morgan fingerprint density at radius 1 is 1.15 bits per heavy atom. The largest absolute Gasteiger partial charge is 0.394 e. The summed E-state index contributed by atoms with van der Waals surface area (Å²) in [7, 11) is 0. The van der Waals surface area contributed by atoms with Crippen molar-refractivity contribution in [3.05, 3.63) is 54.6 Å². The summed E-state index contributed by atoms with van der Waals surface area (Å²) in [5.41, 5.74) is 7.65. The molecule has 0 unspecified atom stereocenters. The lowest BCUT2D eigenvalue weighted by atomic mass is 10.1. The second kappa shape index (κ2) is 7.96. The van der Waals surface area contributed by atoms with Crippen LogP contribution in [0.2, 0.25) is 0 Å². The summed E-state index contributed by atoms with van der Waals surface area (Å²) in [6.07, 6.45) is 3.10. The number of aliphatic hydroxyl groups is 1. The molecule has 5 rings (SSSR count). The molecule has 0 aliphatic carbocycles. The van der Waals surface area contributed by atoms with Crippen molar-refractivity contribution >= 4 is 39.5 Å². The number of nitrogens with one attached hydrogen (secondary N) is 1. The molecule has 1 amide bonds. The molecule has 5 aromatic rings. The van der Waals surface area contributed by atoms with Crippen LogP contribution >= 0.6 is 0 Å². The third kappa shape index (κ3) is 3.55. The van der Waals surface area contributed by atoms with Crippen LogP contribution in [0.5, 0.6) is 0 Å². The average molecular weight is 460 g/mol. The minimum atomic E-state index is -0.387. The lowest BCUT2D eigenvalue weighted by Gasteiger charge is -2.19. The quantitative estimate of drug-likeness (QED) is 0.367. The summed E-state index contributed by atoms with van der Waals surface area (Å²) in [4.78, 5) is 22.1. The molecule has 4 heterocycles. The van der Waals surface area contributed by atoms with Crippen LogP contribution in [0.3, 0.4) is 0 Å². The zero-order valence-electron chi connectivity index (χ0n) is 19.1. The number of nitrogen functional groups attached to an aromatic ring is 1. The molecule has 11 heteroatoms. The summed E-state index contributed by atoms with van der Waals surface area (Å²) in [6.45, 7) is 6.35. The molecule has 0 radical (unpaired) electrons. The van der Waals surface area contributed by atoms with Gasteiger partial charge in [-0.3, -0.25) is 14.0 Å².